The predicted octanol–water partition coefficient (Wildman–Crippen LogP) is 1.75. The number of carbonyl (C=O) groups is 1. The second-order valence-electron chi connectivity index (χ2n) is 3.70. The van der Waals surface area contributed by atoms with Crippen molar-refractivity contribution in [1.82, 2.24) is 4.90 Å². The van der Waals surface area contributed by atoms with Crippen LogP contribution in [0.15, 0.2) is 11.6 Å². The number of nitrogens with zero attached hydrogens (tertiary/aromatic N) is 1. The van der Waals surface area contributed by atoms with Crippen LogP contribution in [0.3, 0.4) is 0 Å². The van der Waals surface area contributed by atoms with Gasteiger partial charge >= 0.3 is 5.97 Å². The first-order chi connectivity index (χ1) is 5.93. The number of carboxylic acid groups (broad SMARTS) is 1. The minimum atomic E-state index is -0.768. The molecule has 0 fully saturated rings. The molecule has 76 valence electrons. The molecule has 0 aliphatic carbocycles. The molecule has 0 aliphatic rings. The number of aliphatic carboxylic acids is 1. The Morgan fingerprint density at radius 2 is 2.00 bits per heavy atom. The van der Waals surface area contributed by atoms with Crippen LogP contribution in [0, 0.1) is 0 Å². The van der Waals surface area contributed by atoms with Crippen molar-refractivity contribution in [3.8, 4) is 0 Å². The van der Waals surface area contributed by atoms with E-state index >= 15 is 0 Å². The quantitative estimate of drug-likeness (QED) is 0.663. The Morgan fingerprint density at radius 1 is 1.46 bits per heavy atom. The maximum absolute atomic E-state index is 10.5. The van der Waals surface area contributed by atoms with Gasteiger partial charge in [0.2, 0.25) is 0 Å². The van der Waals surface area contributed by atoms with Crippen molar-refractivity contribution < 1.29 is 9.90 Å². The molecule has 0 heterocycles. The summed E-state index contributed by atoms with van der Waals surface area (Å²) in [4.78, 5) is 12.4. The summed E-state index contributed by atoms with van der Waals surface area (Å²) in [5.41, 5.74) is 1.22. The molecule has 0 aromatic carbocycles. The van der Waals surface area contributed by atoms with E-state index in [4.69, 9.17) is 5.11 Å². The minimum absolute atomic E-state index is 0.113. The van der Waals surface area contributed by atoms with Gasteiger partial charge in [0.25, 0.3) is 0 Å². The lowest BCUT2D eigenvalue weighted by Crippen LogP contribution is -2.35. The molecule has 0 aliphatic heterocycles. The van der Waals surface area contributed by atoms with Crippen LogP contribution in [0.1, 0.15) is 27.7 Å². The fraction of sp³-hybridized carbons (Fsp3) is 0.700. The van der Waals surface area contributed by atoms with Crippen LogP contribution < -0.4 is 0 Å². The summed E-state index contributed by atoms with van der Waals surface area (Å²) < 4.78 is 0. The van der Waals surface area contributed by atoms with Crippen molar-refractivity contribution in [2.45, 2.75) is 33.7 Å². The van der Waals surface area contributed by atoms with E-state index in [1.54, 1.807) is 0 Å². The maximum Gasteiger partial charge on any atom is 0.317 e. The van der Waals surface area contributed by atoms with Crippen molar-refractivity contribution in [3.63, 3.8) is 0 Å². The average molecular weight is 185 g/mol. The molecular formula is C10H19NO2. The van der Waals surface area contributed by atoms with E-state index in [0.717, 1.165) is 0 Å². The molecule has 0 unspecified atom stereocenters. The molecule has 0 rings (SSSR count). The largest absolute Gasteiger partial charge is 0.480 e. The Bertz CT molecular complexity index is 193. The van der Waals surface area contributed by atoms with Gasteiger partial charge in [-0.05, 0) is 27.7 Å². The van der Waals surface area contributed by atoms with Crippen LogP contribution in [-0.4, -0.2) is 35.1 Å². The van der Waals surface area contributed by atoms with E-state index in [2.05, 4.69) is 0 Å². The second kappa shape index (κ2) is 5.75. The van der Waals surface area contributed by atoms with E-state index < -0.39 is 5.97 Å². The first kappa shape index (κ1) is 12.2. The van der Waals surface area contributed by atoms with Crippen molar-refractivity contribution >= 4 is 5.97 Å². The molecule has 0 radical (unpaired) electrons. The lowest BCUT2D eigenvalue weighted by molar-refractivity contribution is -0.138. The summed E-state index contributed by atoms with van der Waals surface area (Å²) in [7, 11) is 0. The van der Waals surface area contributed by atoms with E-state index in [-0.39, 0.29) is 12.6 Å². The number of allylic oxidation sites excluding steroid dienone is 1. The Hall–Kier alpha value is -0.830. The predicted molar refractivity (Wildman–Crippen MR) is 53.8 cm³/mol. The molecule has 0 aromatic heterocycles. The highest BCUT2D eigenvalue weighted by molar-refractivity contribution is 5.69. The molecule has 0 spiro atoms. The van der Waals surface area contributed by atoms with Gasteiger partial charge in [0.1, 0.15) is 0 Å². The van der Waals surface area contributed by atoms with Crippen LogP contribution in [-0.2, 0) is 4.79 Å². The second-order valence-corrected chi connectivity index (χ2v) is 3.70. The topological polar surface area (TPSA) is 40.5 Å². The van der Waals surface area contributed by atoms with Crippen LogP contribution in [0.5, 0.6) is 0 Å². The van der Waals surface area contributed by atoms with E-state index in [9.17, 15) is 4.79 Å². The number of carboxylic acids is 1. The molecule has 0 aromatic rings. The fourth-order valence-electron chi connectivity index (χ4n) is 0.932. The first-order valence-electron chi connectivity index (χ1n) is 4.52. The van der Waals surface area contributed by atoms with Crippen molar-refractivity contribution in [1.29, 1.82) is 0 Å². The van der Waals surface area contributed by atoms with Gasteiger partial charge in [-0.2, -0.15) is 0 Å². The summed E-state index contributed by atoms with van der Waals surface area (Å²) in [5.74, 6) is -0.768. The first-order valence-corrected chi connectivity index (χ1v) is 4.52. The van der Waals surface area contributed by atoms with Gasteiger partial charge in [0.15, 0.2) is 0 Å². The molecule has 3 nitrogen and oxygen atoms in total. The SMILES string of the molecule is CC(C)=CCN(CC(=O)O)C(C)C. The zero-order valence-corrected chi connectivity index (χ0v) is 8.87. The number of rotatable bonds is 5. The fourth-order valence-corrected chi connectivity index (χ4v) is 0.932. The summed E-state index contributed by atoms with van der Waals surface area (Å²) in [6, 6.07) is 0.270. The molecule has 3 heteroatoms. The van der Waals surface area contributed by atoms with Crippen molar-refractivity contribution in [2.24, 2.45) is 0 Å². The Kier molecular flexibility index (Phi) is 5.39. The molecule has 0 saturated heterocycles. The Balaban J connectivity index is 4.10. The van der Waals surface area contributed by atoms with E-state index in [0.29, 0.717) is 6.54 Å². The summed E-state index contributed by atoms with van der Waals surface area (Å²) >= 11 is 0. The van der Waals surface area contributed by atoms with Gasteiger partial charge in [0, 0.05) is 12.6 Å². The van der Waals surface area contributed by atoms with Crippen LogP contribution in [0.4, 0.5) is 0 Å². The lowest BCUT2D eigenvalue weighted by Gasteiger charge is -2.22. The molecule has 0 saturated carbocycles. The molecular weight excluding hydrogens is 166 g/mol. The van der Waals surface area contributed by atoms with E-state index in [1.807, 2.05) is 38.7 Å². The molecule has 13 heavy (non-hydrogen) atoms. The Morgan fingerprint density at radius 3 is 2.31 bits per heavy atom. The third kappa shape index (κ3) is 6.34. The molecule has 0 atom stereocenters. The minimum Gasteiger partial charge on any atom is -0.480 e. The average Bonchev–Trinajstić information content (AvgIpc) is 1.96. The van der Waals surface area contributed by atoms with Gasteiger partial charge in [-0.25, -0.2) is 0 Å². The van der Waals surface area contributed by atoms with Crippen LogP contribution in [0.2, 0.25) is 0 Å². The van der Waals surface area contributed by atoms with E-state index in [1.165, 1.54) is 5.57 Å². The van der Waals surface area contributed by atoms with Crippen LogP contribution >= 0.6 is 0 Å². The monoisotopic (exact) mass is 185 g/mol. The van der Waals surface area contributed by atoms with Crippen molar-refractivity contribution in [3.05, 3.63) is 11.6 Å². The lowest BCUT2D eigenvalue weighted by atomic mass is 10.2. The van der Waals surface area contributed by atoms with Crippen molar-refractivity contribution in [2.75, 3.05) is 13.1 Å². The third-order valence-electron chi connectivity index (χ3n) is 1.80. The van der Waals surface area contributed by atoms with Gasteiger partial charge < -0.3 is 5.11 Å². The third-order valence-corrected chi connectivity index (χ3v) is 1.80. The van der Waals surface area contributed by atoms with Gasteiger partial charge in [-0.15, -0.1) is 0 Å². The summed E-state index contributed by atoms with van der Waals surface area (Å²) in [5, 5.41) is 8.64. The zero-order valence-electron chi connectivity index (χ0n) is 8.87. The van der Waals surface area contributed by atoms with Crippen LogP contribution in [0.25, 0.3) is 0 Å². The molecule has 0 bridgehead atoms. The highest BCUT2D eigenvalue weighted by atomic mass is 16.4. The van der Waals surface area contributed by atoms with Gasteiger partial charge in [0.05, 0.1) is 6.54 Å². The highest BCUT2D eigenvalue weighted by Gasteiger charge is 2.10. The van der Waals surface area contributed by atoms with Gasteiger partial charge in [-0.3, -0.25) is 9.69 Å². The molecule has 0 amide bonds. The standard InChI is InChI=1S/C10H19NO2/c1-8(2)5-6-11(9(3)4)7-10(12)13/h5,9H,6-7H2,1-4H3,(H,12,13). The summed E-state index contributed by atoms with van der Waals surface area (Å²) in [6.45, 7) is 8.86. The maximum atomic E-state index is 10.5. The molecule has 1 N–H and O–H groups in total. The number of hydrogen-bond acceptors (Lipinski definition) is 2. The van der Waals surface area contributed by atoms with Gasteiger partial charge in [-0.1, -0.05) is 11.6 Å². The normalized spacial score (nSPS) is 10.6. The Labute approximate surface area is 80.0 Å². The smallest absolute Gasteiger partial charge is 0.317 e. The zero-order chi connectivity index (χ0) is 10.4. The number of hydrogen-bond donors (Lipinski definition) is 1. The highest BCUT2D eigenvalue weighted by Crippen LogP contribution is 1.99. The summed E-state index contributed by atoms with van der Waals surface area (Å²) in [6.07, 6.45) is 2.04.